The molecule has 2 aliphatic rings. The Morgan fingerprint density at radius 2 is 2.07 bits per heavy atom. The maximum atomic E-state index is 10.9. The first kappa shape index (κ1) is 17.6. The Bertz CT molecular complexity index is 920. The van der Waals surface area contributed by atoms with E-state index in [1.165, 1.54) is 16.2 Å². The minimum absolute atomic E-state index is 0.00216. The number of likely N-dealkylation sites (tertiary alicyclic amines) is 1. The molecule has 144 valence electrons. The van der Waals surface area contributed by atoms with Gasteiger partial charge in [0.25, 0.3) is 0 Å². The number of ether oxygens (including phenoxy) is 2. The lowest BCUT2D eigenvalue weighted by atomic mass is 10.0. The van der Waals surface area contributed by atoms with Gasteiger partial charge in [-0.05, 0) is 11.4 Å². The van der Waals surface area contributed by atoms with Crippen molar-refractivity contribution in [3.63, 3.8) is 0 Å². The van der Waals surface area contributed by atoms with E-state index in [-0.39, 0.29) is 11.9 Å². The molecule has 0 radical (unpaired) electrons. The number of aromatic hydroxyl groups is 1. The zero-order valence-electron chi connectivity index (χ0n) is 15.1. The van der Waals surface area contributed by atoms with Crippen molar-refractivity contribution >= 4 is 27.6 Å². The lowest BCUT2D eigenvalue weighted by Crippen LogP contribution is -2.46. The second-order valence-corrected chi connectivity index (χ2v) is 8.92. The van der Waals surface area contributed by atoms with E-state index >= 15 is 0 Å². The quantitative estimate of drug-likeness (QED) is 0.718. The van der Waals surface area contributed by atoms with Crippen LogP contribution in [0.5, 0.6) is 5.88 Å². The zero-order chi connectivity index (χ0) is 18.4. The van der Waals surface area contributed by atoms with Gasteiger partial charge in [0.15, 0.2) is 11.6 Å². The monoisotopic (exact) mass is 406 g/mol. The summed E-state index contributed by atoms with van der Waals surface area (Å²) in [6.45, 7) is 5.10. The lowest BCUT2D eigenvalue weighted by Gasteiger charge is -2.40. The molecule has 0 saturated carbocycles. The van der Waals surface area contributed by atoms with Crippen molar-refractivity contribution in [1.82, 2.24) is 19.5 Å². The van der Waals surface area contributed by atoms with Gasteiger partial charge in [-0.3, -0.25) is 4.90 Å². The van der Waals surface area contributed by atoms with E-state index in [0.717, 1.165) is 48.0 Å². The van der Waals surface area contributed by atoms with E-state index < -0.39 is 5.79 Å². The number of piperidine rings is 1. The van der Waals surface area contributed by atoms with Crippen LogP contribution in [0.25, 0.3) is 4.96 Å². The highest BCUT2D eigenvalue weighted by Gasteiger charge is 2.42. The molecule has 5 heterocycles. The molecule has 27 heavy (non-hydrogen) atoms. The summed E-state index contributed by atoms with van der Waals surface area (Å²) in [6.07, 6.45) is 2.44. The number of hydrogen-bond donors (Lipinski definition) is 1. The molecule has 0 bridgehead atoms. The van der Waals surface area contributed by atoms with Crippen molar-refractivity contribution in [3.05, 3.63) is 33.1 Å². The number of thiophene rings is 1. The first-order valence-electron chi connectivity index (χ1n) is 9.32. The van der Waals surface area contributed by atoms with Crippen LogP contribution in [0.15, 0.2) is 17.5 Å². The van der Waals surface area contributed by atoms with Crippen LogP contribution in [0, 0.1) is 0 Å². The fourth-order valence-corrected chi connectivity index (χ4v) is 6.02. The first-order valence-corrected chi connectivity index (χ1v) is 11.0. The fourth-order valence-electron chi connectivity index (χ4n) is 3.95. The molecule has 0 unspecified atom stereocenters. The summed E-state index contributed by atoms with van der Waals surface area (Å²) in [6, 6.07) is 4.20. The summed E-state index contributed by atoms with van der Waals surface area (Å²) in [5.74, 6) is 0.556. The normalized spacial score (nSPS) is 21.4. The van der Waals surface area contributed by atoms with Gasteiger partial charge >= 0.3 is 0 Å². The molecule has 1 atom stereocenters. The lowest BCUT2D eigenvalue weighted by molar-refractivity contribution is -0.187. The average Bonchev–Trinajstić information content (AvgIpc) is 3.46. The second kappa shape index (κ2) is 6.82. The van der Waals surface area contributed by atoms with Gasteiger partial charge in [0, 0.05) is 37.2 Å². The number of nitrogens with zero attached hydrogens (tertiary/aromatic N) is 4. The second-order valence-electron chi connectivity index (χ2n) is 6.93. The van der Waals surface area contributed by atoms with Gasteiger partial charge in [-0.2, -0.15) is 4.52 Å². The summed E-state index contributed by atoms with van der Waals surface area (Å²) >= 11 is 3.24. The van der Waals surface area contributed by atoms with E-state index in [1.807, 2.05) is 6.92 Å². The zero-order valence-corrected chi connectivity index (χ0v) is 16.8. The van der Waals surface area contributed by atoms with Crippen LogP contribution < -0.4 is 0 Å². The highest BCUT2D eigenvalue weighted by molar-refractivity contribution is 7.17. The van der Waals surface area contributed by atoms with E-state index in [2.05, 4.69) is 32.5 Å². The third-order valence-corrected chi connectivity index (χ3v) is 7.36. The number of hydrogen-bond acceptors (Lipinski definition) is 8. The molecule has 1 spiro atoms. The Labute approximate surface area is 165 Å². The topological polar surface area (TPSA) is 72.1 Å². The molecule has 2 fully saturated rings. The fraction of sp³-hybridized carbons (Fsp3) is 0.556. The van der Waals surface area contributed by atoms with Gasteiger partial charge in [0.05, 0.1) is 24.1 Å². The van der Waals surface area contributed by atoms with Gasteiger partial charge < -0.3 is 14.6 Å². The molecule has 7 nitrogen and oxygen atoms in total. The molecule has 3 aromatic rings. The van der Waals surface area contributed by atoms with Crippen LogP contribution in [-0.4, -0.2) is 56.7 Å². The summed E-state index contributed by atoms with van der Waals surface area (Å²) < 4.78 is 13.3. The molecule has 0 aliphatic carbocycles. The minimum Gasteiger partial charge on any atom is -0.492 e. The Hall–Kier alpha value is -1.52. The predicted molar refractivity (Wildman–Crippen MR) is 104 cm³/mol. The molecule has 0 aromatic carbocycles. The molecular formula is C18H22N4O3S2. The van der Waals surface area contributed by atoms with E-state index in [4.69, 9.17) is 9.47 Å². The number of fused-ring (bicyclic) bond motifs is 1. The van der Waals surface area contributed by atoms with Crippen LogP contribution in [0.1, 0.15) is 41.4 Å². The van der Waals surface area contributed by atoms with Crippen LogP contribution in [0.4, 0.5) is 0 Å². The molecule has 3 aromatic heterocycles. The predicted octanol–water partition coefficient (Wildman–Crippen LogP) is 3.05. The number of thiazole rings is 1. The summed E-state index contributed by atoms with van der Waals surface area (Å²) in [4.78, 5) is 9.81. The Balaban J connectivity index is 1.49. The highest BCUT2D eigenvalue weighted by Crippen LogP contribution is 2.44. The van der Waals surface area contributed by atoms with E-state index in [0.29, 0.717) is 13.2 Å². The van der Waals surface area contributed by atoms with Crippen molar-refractivity contribution in [3.8, 4) is 5.88 Å². The van der Waals surface area contributed by atoms with Crippen LogP contribution >= 0.6 is 22.7 Å². The molecule has 5 rings (SSSR count). The van der Waals surface area contributed by atoms with Crippen molar-refractivity contribution in [1.29, 1.82) is 0 Å². The van der Waals surface area contributed by atoms with E-state index in [9.17, 15) is 5.11 Å². The molecule has 2 saturated heterocycles. The third kappa shape index (κ3) is 2.98. The van der Waals surface area contributed by atoms with Crippen molar-refractivity contribution < 1.29 is 14.6 Å². The molecule has 9 heteroatoms. The smallest absolute Gasteiger partial charge is 0.230 e. The average molecular weight is 407 g/mol. The maximum absolute atomic E-state index is 10.9. The molecule has 1 N–H and O–H groups in total. The van der Waals surface area contributed by atoms with Gasteiger partial charge in [0.2, 0.25) is 10.8 Å². The van der Waals surface area contributed by atoms with Crippen molar-refractivity contribution in [2.24, 2.45) is 0 Å². The van der Waals surface area contributed by atoms with E-state index in [1.54, 1.807) is 15.9 Å². The van der Waals surface area contributed by atoms with Gasteiger partial charge in [-0.25, -0.2) is 4.98 Å². The number of rotatable bonds is 4. The SMILES string of the molecule is CCc1nc2sc([C@@H](c3cccs3)N3CCC4(CC3)OCCO4)c(O)n2n1. The molecular weight excluding hydrogens is 384 g/mol. The van der Waals surface area contributed by atoms with Crippen LogP contribution in [0.2, 0.25) is 0 Å². The van der Waals surface area contributed by atoms with Crippen LogP contribution in [0.3, 0.4) is 0 Å². The Morgan fingerprint density at radius 3 is 2.70 bits per heavy atom. The number of aromatic nitrogens is 3. The molecule has 2 aliphatic heterocycles. The van der Waals surface area contributed by atoms with Gasteiger partial charge in [-0.1, -0.05) is 24.3 Å². The highest BCUT2D eigenvalue weighted by atomic mass is 32.1. The van der Waals surface area contributed by atoms with Crippen molar-refractivity contribution in [2.45, 2.75) is 38.0 Å². The van der Waals surface area contributed by atoms with Crippen LogP contribution in [-0.2, 0) is 15.9 Å². The minimum atomic E-state index is -0.403. The number of aryl methyl sites for hydroxylation is 1. The van der Waals surface area contributed by atoms with Gasteiger partial charge in [-0.15, -0.1) is 16.4 Å². The van der Waals surface area contributed by atoms with Crippen molar-refractivity contribution in [2.75, 3.05) is 26.3 Å². The van der Waals surface area contributed by atoms with Gasteiger partial charge in [0.1, 0.15) is 0 Å². The summed E-state index contributed by atoms with van der Waals surface area (Å²) in [5, 5.41) is 17.4. The first-order chi connectivity index (χ1) is 13.2. The summed E-state index contributed by atoms with van der Waals surface area (Å²) in [7, 11) is 0. The standard InChI is InChI=1S/C18H22N4O3S2/c1-2-13-19-17-22(20-13)16(23)15(27-17)14(12-4-3-11-26-12)21-7-5-18(6-8-21)24-9-10-25-18/h3-4,11,14,23H,2,5-10H2,1H3/t14-/m1/s1. The largest absolute Gasteiger partial charge is 0.492 e. The molecule has 0 amide bonds. The summed E-state index contributed by atoms with van der Waals surface area (Å²) in [5.41, 5.74) is 0. The maximum Gasteiger partial charge on any atom is 0.230 e. The Morgan fingerprint density at radius 1 is 1.30 bits per heavy atom. The third-order valence-electron chi connectivity index (χ3n) is 5.36. The Kier molecular flexibility index (Phi) is 4.44.